The summed E-state index contributed by atoms with van der Waals surface area (Å²) in [7, 11) is 0. The molecule has 7 nitrogen and oxygen atoms in total. The van der Waals surface area contributed by atoms with E-state index in [1.165, 1.54) is 29.2 Å². The average Bonchev–Trinajstić information content (AvgIpc) is 3.15. The van der Waals surface area contributed by atoms with Crippen molar-refractivity contribution in [3.63, 3.8) is 0 Å². The highest BCUT2D eigenvalue weighted by Crippen LogP contribution is 2.66. The Hall–Kier alpha value is -3.80. The van der Waals surface area contributed by atoms with Crippen LogP contribution in [0.2, 0.25) is 0 Å². The van der Waals surface area contributed by atoms with E-state index in [1.54, 1.807) is 6.92 Å². The number of rotatable bonds is 9. The van der Waals surface area contributed by atoms with Gasteiger partial charge in [-0.3, -0.25) is 10.2 Å². The molecule has 4 N–H and O–H groups in total. The number of nitrogens with zero attached hydrogens (tertiary/aromatic N) is 2. The molecule has 188 valence electrons. The van der Waals surface area contributed by atoms with Gasteiger partial charge in [0, 0.05) is 29.9 Å². The van der Waals surface area contributed by atoms with Gasteiger partial charge in [-0.1, -0.05) is 19.9 Å². The van der Waals surface area contributed by atoms with E-state index in [-0.39, 0.29) is 41.7 Å². The molecule has 9 heteroatoms. The molecule has 2 fully saturated rings. The highest BCUT2D eigenvalue weighted by molar-refractivity contribution is 6.42. The van der Waals surface area contributed by atoms with Crippen LogP contribution in [0.25, 0.3) is 0 Å². The van der Waals surface area contributed by atoms with E-state index >= 15 is 0 Å². The van der Waals surface area contributed by atoms with Crippen LogP contribution < -0.4 is 0 Å². The lowest BCUT2D eigenvalue weighted by Crippen LogP contribution is -2.49. The zero-order valence-corrected chi connectivity index (χ0v) is 20.6. The number of carbonyl (C=O) groups is 1. The maximum absolute atomic E-state index is 14.3. The molecule has 0 aliphatic heterocycles. The van der Waals surface area contributed by atoms with E-state index in [0.717, 1.165) is 12.1 Å². The van der Waals surface area contributed by atoms with Crippen LogP contribution in [-0.4, -0.2) is 46.7 Å². The zero-order valence-electron chi connectivity index (χ0n) is 20.6. The van der Waals surface area contributed by atoms with Crippen LogP contribution in [0.15, 0.2) is 42.0 Å². The molecule has 3 rings (SSSR count). The number of amides is 1. The van der Waals surface area contributed by atoms with Crippen LogP contribution in [0.5, 0.6) is 0 Å². The number of benzene rings is 1. The van der Waals surface area contributed by atoms with E-state index in [0.29, 0.717) is 25.0 Å². The third-order valence-corrected chi connectivity index (χ3v) is 7.72. The summed E-state index contributed by atoms with van der Waals surface area (Å²) in [6.07, 6.45) is 5.09. The molecule has 0 unspecified atom stereocenters. The summed E-state index contributed by atoms with van der Waals surface area (Å²) in [5, 5.41) is 41.9. The summed E-state index contributed by atoms with van der Waals surface area (Å²) in [5.41, 5.74) is -1.46. The molecule has 2 aliphatic rings. The summed E-state index contributed by atoms with van der Waals surface area (Å²) < 4.78 is 28.5. The van der Waals surface area contributed by atoms with Crippen molar-refractivity contribution in [3.05, 3.63) is 59.2 Å². The van der Waals surface area contributed by atoms with E-state index in [9.17, 15) is 13.6 Å². The van der Waals surface area contributed by atoms with E-state index in [2.05, 4.69) is 0 Å². The van der Waals surface area contributed by atoms with Gasteiger partial charge in [-0.05, 0) is 67.0 Å². The van der Waals surface area contributed by atoms with Crippen molar-refractivity contribution in [1.82, 2.24) is 4.90 Å². The molecule has 2 aliphatic carbocycles. The summed E-state index contributed by atoms with van der Waals surface area (Å²) in [5.74, 6) is -2.33. The number of halogens is 2. The van der Waals surface area contributed by atoms with Crippen LogP contribution in [-0.2, 0) is 4.79 Å². The highest BCUT2D eigenvalue weighted by atomic mass is 19.1. The van der Waals surface area contributed by atoms with Gasteiger partial charge >= 0.3 is 0 Å². The van der Waals surface area contributed by atoms with Crippen molar-refractivity contribution in [2.75, 3.05) is 13.1 Å². The van der Waals surface area contributed by atoms with Crippen LogP contribution >= 0.6 is 0 Å². The lowest BCUT2D eigenvalue weighted by molar-refractivity contribution is -0.125. The predicted octanol–water partition coefficient (Wildman–Crippen LogP) is 5.07. The molecule has 2 bridgehead atoms. The standard InChI is InChI=1S/C27H30F2N6O/c1-4-35(25(36)21(32)9-8-16(31)11-13-30)15-27-12-10-18(26(27,2)3)17(24(27)34)14-22(33)23-19(28)6-5-7-20(23)29/h5-9,14,18,31-34H,4,10-12,15H2,1-3H3/b9-8-,17-14-,31-16?,32-21?,33-22?,34-24?/t18-,27-/m0/s1. The van der Waals surface area contributed by atoms with Gasteiger partial charge in [-0.25, -0.2) is 8.78 Å². The average molecular weight is 493 g/mol. The second-order valence-electron chi connectivity index (χ2n) is 9.81. The van der Waals surface area contributed by atoms with Crippen LogP contribution in [0.1, 0.15) is 45.6 Å². The lowest BCUT2D eigenvalue weighted by Gasteiger charge is -2.41. The minimum atomic E-state index is -0.835. The normalized spacial score (nSPS) is 23.2. The van der Waals surface area contributed by atoms with Crippen molar-refractivity contribution >= 4 is 28.8 Å². The first kappa shape index (κ1) is 26.8. The Kier molecular flexibility index (Phi) is 7.48. The van der Waals surface area contributed by atoms with Crippen LogP contribution in [0.4, 0.5) is 8.78 Å². The summed E-state index contributed by atoms with van der Waals surface area (Å²) >= 11 is 0. The third kappa shape index (κ3) is 4.43. The van der Waals surface area contributed by atoms with Crippen molar-refractivity contribution in [2.24, 2.45) is 16.7 Å². The Morgan fingerprint density at radius 2 is 1.86 bits per heavy atom. The summed E-state index contributed by atoms with van der Waals surface area (Å²) in [6, 6.07) is 5.27. The molecule has 36 heavy (non-hydrogen) atoms. The van der Waals surface area contributed by atoms with Crippen molar-refractivity contribution < 1.29 is 13.6 Å². The Morgan fingerprint density at radius 1 is 1.22 bits per heavy atom. The molecule has 0 radical (unpaired) electrons. The molecule has 0 heterocycles. The fourth-order valence-corrected chi connectivity index (χ4v) is 5.59. The first-order valence-electron chi connectivity index (χ1n) is 11.8. The number of allylic oxidation sites excluding steroid dienone is 3. The van der Waals surface area contributed by atoms with Crippen molar-refractivity contribution in [3.8, 4) is 6.07 Å². The van der Waals surface area contributed by atoms with E-state index in [4.69, 9.17) is 26.9 Å². The molecule has 1 aromatic rings. The van der Waals surface area contributed by atoms with Gasteiger partial charge in [0.25, 0.3) is 5.91 Å². The summed E-state index contributed by atoms with van der Waals surface area (Å²) in [4.78, 5) is 14.6. The molecule has 2 saturated carbocycles. The number of nitriles is 1. The van der Waals surface area contributed by atoms with Crippen LogP contribution in [0, 0.1) is 61.4 Å². The molecule has 1 amide bonds. The number of carbonyl (C=O) groups excluding carboxylic acids is 1. The molecule has 2 atom stereocenters. The third-order valence-electron chi connectivity index (χ3n) is 7.72. The van der Waals surface area contributed by atoms with Crippen LogP contribution in [0.3, 0.4) is 0 Å². The second-order valence-corrected chi connectivity index (χ2v) is 9.81. The maximum atomic E-state index is 14.3. The Labute approximate surface area is 209 Å². The quantitative estimate of drug-likeness (QED) is 0.357. The largest absolute Gasteiger partial charge is 0.337 e. The van der Waals surface area contributed by atoms with Gasteiger partial charge < -0.3 is 21.1 Å². The minimum Gasteiger partial charge on any atom is -0.337 e. The maximum Gasteiger partial charge on any atom is 0.271 e. The second kappa shape index (κ2) is 10.1. The fourth-order valence-electron chi connectivity index (χ4n) is 5.59. The van der Waals surface area contributed by atoms with Gasteiger partial charge in [-0.15, -0.1) is 0 Å². The zero-order chi connectivity index (χ0) is 26.8. The van der Waals surface area contributed by atoms with Crippen molar-refractivity contribution in [1.29, 1.82) is 26.9 Å². The molecule has 0 saturated heterocycles. The monoisotopic (exact) mass is 492 g/mol. The molecule has 1 aromatic carbocycles. The Balaban J connectivity index is 1.90. The molecule has 0 aromatic heterocycles. The van der Waals surface area contributed by atoms with Gasteiger partial charge in [0.2, 0.25) is 0 Å². The smallest absolute Gasteiger partial charge is 0.271 e. The number of fused-ring (bicyclic) bond motifs is 2. The minimum absolute atomic E-state index is 0.00227. The van der Waals surface area contributed by atoms with Gasteiger partial charge in [-0.2, -0.15) is 5.26 Å². The lowest BCUT2D eigenvalue weighted by atomic mass is 9.68. The van der Waals surface area contributed by atoms with Crippen molar-refractivity contribution in [2.45, 2.75) is 40.0 Å². The van der Waals surface area contributed by atoms with E-state index < -0.39 is 33.9 Å². The SMILES string of the molecule is CCN(C[C@@]12CC[C@@H](/C(=C/C(=N)c3c(F)cccc3F)C1=N)C2(C)C)C(=O)C(=N)/C=C\C(=N)CC#N. The first-order valence-corrected chi connectivity index (χ1v) is 11.8. The predicted molar refractivity (Wildman–Crippen MR) is 135 cm³/mol. The first-order chi connectivity index (χ1) is 16.9. The van der Waals surface area contributed by atoms with Gasteiger partial charge in [0.05, 0.1) is 23.8 Å². The Morgan fingerprint density at radius 3 is 2.44 bits per heavy atom. The highest BCUT2D eigenvalue weighted by Gasteiger charge is 2.65. The van der Waals surface area contributed by atoms with E-state index in [1.807, 2.05) is 19.9 Å². The van der Waals surface area contributed by atoms with Gasteiger partial charge in [0.1, 0.15) is 17.3 Å². The number of hydrogen-bond donors (Lipinski definition) is 4. The number of hydrogen-bond acceptors (Lipinski definition) is 6. The molecule has 0 spiro atoms. The molecular formula is C27H30F2N6O. The fraction of sp³-hybridized carbons (Fsp3) is 0.407. The molecular weight excluding hydrogens is 462 g/mol. The Bertz CT molecular complexity index is 1230. The topological polar surface area (TPSA) is 140 Å². The summed E-state index contributed by atoms with van der Waals surface area (Å²) in [6.45, 7) is 6.31. The number of nitrogens with one attached hydrogen (secondary N) is 4. The van der Waals surface area contributed by atoms with Gasteiger partial charge in [0.15, 0.2) is 0 Å².